The highest BCUT2D eigenvalue weighted by atomic mass is 16.4. The Morgan fingerprint density at radius 1 is 1.24 bits per heavy atom. The zero-order valence-corrected chi connectivity index (χ0v) is 12.3. The number of carboxylic acids is 1. The van der Waals surface area contributed by atoms with Crippen molar-refractivity contribution in [3.8, 4) is 0 Å². The summed E-state index contributed by atoms with van der Waals surface area (Å²) in [6.07, 6.45) is 3.57. The maximum atomic E-state index is 12.7. The molecule has 0 aliphatic heterocycles. The molecule has 5 nitrogen and oxygen atoms in total. The van der Waals surface area contributed by atoms with Gasteiger partial charge in [0.05, 0.1) is 5.92 Å². The van der Waals surface area contributed by atoms with Crippen molar-refractivity contribution in [3.05, 3.63) is 29.8 Å². The number of nitrogens with two attached hydrogens (primary N) is 1. The van der Waals surface area contributed by atoms with Crippen LogP contribution in [0.2, 0.25) is 0 Å². The molecule has 1 amide bonds. The molecule has 0 radical (unpaired) electrons. The minimum absolute atomic E-state index is 0.173. The normalized spacial score (nSPS) is 21.8. The highest BCUT2D eigenvalue weighted by Crippen LogP contribution is 2.27. The molecular formula is C16H22N2O3. The summed E-state index contributed by atoms with van der Waals surface area (Å²) in [5, 5.41) is 9.09. The molecule has 0 saturated heterocycles. The predicted octanol–water partition coefficient (Wildman–Crippen LogP) is 1.93. The first-order chi connectivity index (χ1) is 9.99. The van der Waals surface area contributed by atoms with Crippen LogP contribution in [-0.2, 0) is 9.59 Å². The van der Waals surface area contributed by atoms with Gasteiger partial charge in [-0.2, -0.15) is 0 Å². The molecule has 0 aromatic heterocycles. The maximum absolute atomic E-state index is 12.7. The van der Waals surface area contributed by atoms with Crippen LogP contribution in [0, 0.1) is 12.8 Å². The first-order valence-corrected chi connectivity index (χ1v) is 7.34. The number of hydrogen-bond donors (Lipinski definition) is 2. The van der Waals surface area contributed by atoms with E-state index in [1.807, 2.05) is 19.1 Å². The fourth-order valence-electron chi connectivity index (χ4n) is 2.82. The van der Waals surface area contributed by atoms with Crippen molar-refractivity contribution in [2.24, 2.45) is 11.7 Å². The summed E-state index contributed by atoms with van der Waals surface area (Å²) in [5.74, 6) is -1.47. The first kappa shape index (κ1) is 15.5. The summed E-state index contributed by atoms with van der Waals surface area (Å²) >= 11 is 0. The SMILES string of the molecule is Cc1ccc(N(CC(=O)O)C(=O)C2CCCCC2N)cc1. The van der Waals surface area contributed by atoms with Gasteiger partial charge in [0.15, 0.2) is 0 Å². The second-order valence-electron chi connectivity index (χ2n) is 5.71. The third-order valence-electron chi connectivity index (χ3n) is 4.04. The second-order valence-corrected chi connectivity index (χ2v) is 5.71. The van der Waals surface area contributed by atoms with E-state index in [9.17, 15) is 9.59 Å². The molecule has 1 aromatic carbocycles. The summed E-state index contributed by atoms with van der Waals surface area (Å²) in [6, 6.07) is 7.14. The fraction of sp³-hybridized carbons (Fsp3) is 0.500. The molecule has 1 aromatic rings. The van der Waals surface area contributed by atoms with E-state index in [2.05, 4.69) is 0 Å². The molecule has 5 heteroatoms. The van der Waals surface area contributed by atoms with Gasteiger partial charge in [0, 0.05) is 11.7 Å². The van der Waals surface area contributed by atoms with Gasteiger partial charge in [0.2, 0.25) is 5.91 Å². The van der Waals surface area contributed by atoms with E-state index in [0.717, 1.165) is 31.2 Å². The average molecular weight is 290 g/mol. The van der Waals surface area contributed by atoms with Gasteiger partial charge in [0.1, 0.15) is 6.54 Å². The summed E-state index contributed by atoms with van der Waals surface area (Å²) in [4.78, 5) is 25.2. The van der Waals surface area contributed by atoms with Gasteiger partial charge >= 0.3 is 5.97 Å². The predicted molar refractivity (Wildman–Crippen MR) is 81.1 cm³/mol. The summed E-state index contributed by atoms with van der Waals surface area (Å²) in [5.41, 5.74) is 7.74. The molecule has 1 fully saturated rings. The second kappa shape index (κ2) is 6.72. The Hall–Kier alpha value is -1.88. The van der Waals surface area contributed by atoms with Gasteiger partial charge in [-0.3, -0.25) is 9.59 Å². The minimum atomic E-state index is -1.02. The van der Waals surface area contributed by atoms with Gasteiger partial charge in [-0.1, -0.05) is 30.5 Å². The molecule has 2 unspecified atom stereocenters. The highest BCUT2D eigenvalue weighted by molar-refractivity contribution is 5.99. The number of anilines is 1. The van der Waals surface area contributed by atoms with Crippen LogP contribution in [-0.4, -0.2) is 29.6 Å². The van der Waals surface area contributed by atoms with Crippen LogP contribution in [0.25, 0.3) is 0 Å². The van der Waals surface area contributed by atoms with Crippen molar-refractivity contribution in [1.29, 1.82) is 0 Å². The summed E-state index contributed by atoms with van der Waals surface area (Å²) in [6.45, 7) is 1.62. The van der Waals surface area contributed by atoms with Gasteiger partial charge in [-0.05, 0) is 31.9 Å². The smallest absolute Gasteiger partial charge is 0.323 e. The number of nitrogens with zero attached hydrogens (tertiary/aromatic N) is 1. The standard InChI is InChI=1S/C16H22N2O3/c1-11-6-8-12(9-7-11)18(10-15(19)20)16(21)13-4-2-3-5-14(13)17/h6-9,13-14H,2-5,10,17H2,1H3,(H,19,20). The molecule has 1 aliphatic carbocycles. The number of rotatable bonds is 4. The van der Waals surface area contributed by atoms with Crippen LogP contribution in [0.5, 0.6) is 0 Å². The number of carbonyl (C=O) groups is 2. The van der Waals surface area contributed by atoms with E-state index in [1.165, 1.54) is 4.90 Å². The maximum Gasteiger partial charge on any atom is 0.323 e. The Kier molecular flexibility index (Phi) is 4.96. The molecule has 0 heterocycles. The van der Waals surface area contributed by atoms with E-state index in [0.29, 0.717) is 5.69 Å². The number of aliphatic carboxylic acids is 1. The van der Waals surface area contributed by atoms with Crippen molar-refractivity contribution in [2.75, 3.05) is 11.4 Å². The summed E-state index contributed by atoms with van der Waals surface area (Å²) < 4.78 is 0. The Bertz CT molecular complexity index is 513. The minimum Gasteiger partial charge on any atom is -0.480 e. The van der Waals surface area contributed by atoms with Crippen molar-refractivity contribution in [3.63, 3.8) is 0 Å². The quantitative estimate of drug-likeness (QED) is 0.887. The van der Waals surface area contributed by atoms with Gasteiger partial charge in [0.25, 0.3) is 0 Å². The number of hydrogen-bond acceptors (Lipinski definition) is 3. The van der Waals surface area contributed by atoms with Crippen LogP contribution in [0.4, 0.5) is 5.69 Å². The molecule has 1 saturated carbocycles. The third-order valence-corrected chi connectivity index (χ3v) is 4.04. The molecular weight excluding hydrogens is 268 g/mol. The van der Waals surface area contributed by atoms with Crippen LogP contribution < -0.4 is 10.6 Å². The molecule has 114 valence electrons. The van der Waals surface area contributed by atoms with Crippen LogP contribution in [0.1, 0.15) is 31.2 Å². The molecule has 0 spiro atoms. The molecule has 3 N–H and O–H groups in total. The van der Waals surface area contributed by atoms with E-state index in [-0.39, 0.29) is 24.4 Å². The van der Waals surface area contributed by atoms with Crippen LogP contribution >= 0.6 is 0 Å². The number of carboxylic acid groups (broad SMARTS) is 1. The van der Waals surface area contributed by atoms with E-state index >= 15 is 0 Å². The summed E-state index contributed by atoms with van der Waals surface area (Å²) in [7, 11) is 0. The van der Waals surface area contributed by atoms with Crippen molar-refractivity contribution in [2.45, 2.75) is 38.6 Å². The molecule has 2 atom stereocenters. The first-order valence-electron chi connectivity index (χ1n) is 7.34. The molecule has 0 bridgehead atoms. The van der Waals surface area contributed by atoms with E-state index in [1.54, 1.807) is 12.1 Å². The number of amides is 1. The Morgan fingerprint density at radius 3 is 2.43 bits per heavy atom. The van der Waals surface area contributed by atoms with E-state index in [4.69, 9.17) is 10.8 Å². The largest absolute Gasteiger partial charge is 0.480 e. The van der Waals surface area contributed by atoms with Crippen molar-refractivity contribution < 1.29 is 14.7 Å². The zero-order chi connectivity index (χ0) is 15.4. The van der Waals surface area contributed by atoms with Crippen LogP contribution in [0.3, 0.4) is 0 Å². The van der Waals surface area contributed by atoms with Gasteiger partial charge in [-0.25, -0.2) is 0 Å². The lowest BCUT2D eigenvalue weighted by Gasteiger charge is -2.32. The fourth-order valence-corrected chi connectivity index (χ4v) is 2.82. The monoisotopic (exact) mass is 290 g/mol. The molecule has 1 aliphatic rings. The Balaban J connectivity index is 2.24. The lowest BCUT2D eigenvalue weighted by atomic mass is 9.84. The topological polar surface area (TPSA) is 83.6 Å². The Labute approximate surface area is 124 Å². The third kappa shape index (κ3) is 3.82. The Morgan fingerprint density at radius 2 is 1.86 bits per heavy atom. The number of benzene rings is 1. The number of aryl methyl sites for hydroxylation is 1. The highest BCUT2D eigenvalue weighted by Gasteiger charge is 2.33. The lowest BCUT2D eigenvalue weighted by molar-refractivity contribution is -0.137. The number of carbonyl (C=O) groups excluding carboxylic acids is 1. The van der Waals surface area contributed by atoms with Crippen LogP contribution in [0.15, 0.2) is 24.3 Å². The van der Waals surface area contributed by atoms with Gasteiger partial charge < -0.3 is 15.7 Å². The van der Waals surface area contributed by atoms with Crippen molar-refractivity contribution in [1.82, 2.24) is 0 Å². The van der Waals surface area contributed by atoms with E-state index < -0.39 is 5.97 Å². The lowest BCUT2D eigenvalue weighted by Crippen LogP contribution is -2.47. The van der Waals surface area contributed by atoms with Gasteiger partial charge in [-0.15, -0.1) is 0 Å². The average Bonchev–Trinajstić information content (AvgIpc) is 2.45. The molecule has 2 rings (SSSR count). The van der Waals surface area contributed by atoms with Crippen molar-refractivity contribution >= 4 is 17.6 Å². The zero-order valence-electron chi connectivity index (χ0n) is 12.3. The molecule has 21 heavy (non-hydrogen) atoms.